The molecule has 0 radical (unpaired) electrons. The smallest absolute Gasteiger partial charge is 0.323 e. The molecule has 0 atom stereocenters. The fraction of sp³-hybridized carbons (Fsp3) is 0.500. The van der Waals surface area contributed by atoms with E-state index in [0.29, 0.717) is 6.54 Å². The number of aromatic amines is 1. The number of aliphatic carboxylic acids is 1. The van der Waals surface area contributed by atoms with E-state index in [0.717, 1.165) is 18.5 Å². The van der Waals surface area contributed by atoms with Gasteiger partial charge in [-0.15, -0.1) is 0 Å². The number of carbonyl (C=O) groups excluding carboxylic acids is 1. The number of nitrogens with one attached hydrogen (secondary N) is 2. The fourth-order valence-corrected chi connectivity index (χ4v) is 1.55. The first-order chi connectivity index (χ1) is 8.16. The van der Waals surface area contributed by atoms with E-state index < -0.39 is 5.97 Å². The van der Waals surface area contributed by atoms with Gasteiger partial charge in [0.25, 0.3) is 0 Å². The Bertz CT molecular complexity index is 400. The Labute approximate surface area is 97.8 Å². The fourth-order valence-electron chi connectivity index (χ4n) is 1.55. The van der Waals surface area contributed by atoms with Crippen LogP contribution in [0.3, 0.4) is 0 Å². The molecule has 7 heteroatoms. The van der Waals surface area contributed by atoms with Crippen molar-refractivity contribution >= 4 is 12.0 Å². The summed E-state index contributed by atoms with van der Waals surface area (Å²) >= 11 is 0. The van der Waals surface area contributed by atoms with Crippen LogP contribution in [0, 0.1) is 0 Å². The molecule has 0 saturated heterocycles. The number of hydrogen-bond acceptors (Lipinski definition) is 3. The molecule has 0 spiro atoms. The van der Waals surface area contributed by atoms with Crippen LogP contribution in [0.15, 0.2) is 12.5 Å². The van der Waals surface area contributed by atoms with Crippen molar-refractivity contribution in [3.63, 3.8) is 0 Å². The van der Waals surface area contributed by atoms with E-state index in [4.69, 9.17) is 5.11 Å². The SMILES string of the molecule is O=C(O)CN(C(=O)NCc1cnc[nH]1)C1CC1. The van der Waals surface area contributed by atoms with Gasteiger partial charge in [-0.25, -0.2) is 9.78 Å². The van der Waals surface area contributed by atoms with Crippen LogP contribution >= 0.6 is 0 Å². The number of carboxylic acid groups (broad SMARTS) is 1. The Morgan fingerprint density at radius 1 is 1.59 bits per heavy atom. The molecular formula is C10H14N4O3. The zero-order valence-electron chi connectivity index (χ0n) is 9.22. The van der Waals surface area contributed by atoms with Crippen molar-refractivity contribution in [2.45, 2.75) is 25.4 Å². The lowest BCUT2D eigenvalue weighted by Gasteiger charge is -2.20. The van der Waals surface area contributed by atoms with Crippen LogP contribution in [-0.2, 0) is 11.3 Å². The van der Waals surface area contributed by atoms with Crippen molar-refractivity contribution in [1.82, 2.24) is 20.2 Å². The predicted octanol–water partition coefficient (Wildman–Crippen LogP) is 0.168. The third-order valence-electron chi connectivity index (χ3n) is 2.54. The quantitative estimate of drug-likeness (QED) is 0.681. The van der Waals surface area contributed by atoms with Gasteiger partial charge in [0.05, 0.1) is 18.6 Å². The summed E-state index contributed by atoms with van der Waals surface area (Å²) in [6.45, 7) is 0.0706. The summed E-state index contributed by atoms with van der Waals surface area (Å²) in [4.78, 5) is 30.5. The van der Waals surface area contributed by atoms with Crippen LogP contribution in [0.4, 0.5) is 4.79 Å². The van der Waals surface area contributed by atoms with Gasteiger partial charge in [-0.05, 0) is 12.8 Å². The number of amides is 2. The van der Waals surface area contributed by atoms with Gasteiger partial charge in [0.1, 0.15) is 6.54 Å². The van der Waals surface area contributed by atoms with Crippen molar-refractivity contribution in [3.8, 4) is 0 Å². The molecule has 1 aromatic rings. The van der Waals surface area contributed by atoms with E-state index in [1.807, 2.05) is 0 Å². The lowest BCUT2D eigenvalue weighted by atomic mass is 10.4. The van der Waals surface area contributed by atoms with Crippen LogP contribution in [0.2, 0.25) is 0 Å². The molecular weight excluding hydrogens is 224 g/mol. The normalized spacial score (nSPS) is 14.4. The number of carboxylic acids is 1. The Morgan fingerprint density at radius 3 is 2.88 bits per heavy atom. The minimum Gasteiger partial charge on any atom is -0.480 e. The Morgan fingerprint density at radius 2 is 2.35 bits per heavy atom. The van der Waals surface area contributed by atoms with Gasteiger partial charge in [0, 0.05) is 12.2 Å². The lowest BCUT2D eigenvalue weighted by Crippen LogP contribution is -2.43. The maximum atomic E-state index is 11.8. The predicted molar refractivity (Wildman–Crippen MR) is 58.2 cm³/mol. The van der Waals surface area contributed by atoms with Gasteiger partial charge in [0.15, 0.2) is 0 Å². The van der Waals surface area contributed by atoms with E-state index in [-0.39, 0.29) is 18.6 Å². The Kier molecular flexibility index (Phi) is 3.27. The standard InChI is InChI=1S/C10H14N4O3/c15-9(16)5-14(8-1-2-8)10(17)12-4-7-3-11-6-13-7/h3,6,8H,1-2,4-5H2,(H,11,13)(H,12,17)(H,15,16). The van der Waals surface area contributed by atoms with Crippen LogP contribution < -0.4 is 5.32 Å². The topological polar surface area (TPSA) is 98.3 Å². The number of hydrogen-bond donors (Lipinski definition) is 3. The summed E-state index contributed by atoms with van der Waals surface area (Å²) in [6, 6.07) is -0.266. The van der Waals surface area contributed by atoms with E-state index >= 15 is 0 Å². The van der Waals surface area contributed by atoms with Gasteiger partial charge in [-0.2, -0.15) is 0 Å². The van der Waals surface area contributed by atoms with E-state index in [2.05, 4.69) is 15.3 Å². The number of rotatable bonds is 5. The van der Waals surface area contributed by atoms with Crippen LogP contribution in [-0.4, -0.2) is 44.6 Å². The summed E-state index contributed by atoms with van der Waals surface area (Å²) in [5.41, 5.74) is 0.782. The second kappa shape index (κ2) is 4.86. The summed E-state index contributed by atoms with van der Waals surface area (Å²) in [7, 11) is 0. The maximum Gasteiger partial charge on any atom is 0.323 e. The molecule has 1 aromatic heterocycles. The summed E-state index contributed by atoms with van der Waals surface area (Å²) < 4.78 is 0. The van der Waals surface area contributed by atoms with Crippen molar-refractivity contribution < 1.29 is 14.7 Å². The summed E-state index contributed by atoms with van der Waals surface area (Å²) in [6.07, 6.45) is 4.89. The minimum absolute atomic E-state index is 0.0767. The molecule has 3 N–H and O–H groups in total. The first kappa shape index (κ1) is 11.4. The van der Waals surface area contributed by atoms with Crippen LogP contribution in [0.1, 0.15) is 18.5 Å². The molecule has 1 heterocycles. The minimum atomic E-state index is -0.992. The second-order valence-electron chi connectivity index (χ2n) is 3.99. The zero-order valence-corrected chi connectivity index (χ0v) is 9.22. The van der Waals surface area contributed by atoms with Crippen LogP contribution in [0.5, 0.6) is 0 Å². The number of carbonyl (C=O) groups is 2. The van der Waals surface area contributed by atoms with Crippen molar-refractivity contribution in [3.05, 3.63) is 18.2 Å². The highest BCUT2D eigenvalue weighted by molar-refractivity contribution is 5.80. The highest BCUT2D eigenvalue weighted by atomic mass is 16.4. The number of nitrogens with zero attached hydrogens (tertiary/aromatic N) is 2. The van der Waals surface area contributed by atoms with Gasteiger partial charge < -0.3 is 20.3 Å². The molecule has 0 unspecified atom stereocenters. The van der Waals surface area contributed by atoms with E-state index in [9.17, 15) is 9.59 Å². The molecule has 2 rings (SSSR count). The molecule has 7 nitrogen and oxygen atoms in total. The maximum absolute atomic E-state index is 11.8. The number of aromatic nitrogens is 2. The van der Waals surface area contributed by atoms with Crippen molar-refractivity contribution in [2.24, 2.45) is 0 Å². The number of imidazole rings is 1. The van der Waals surface area contributed by atoms with E-state index in [1.165, 1.54) is 11.2 Å². The molecule has 0 aromatic carbocycles. The van der Waals surface area contributed by atoms with Crippen molar-refractivity contribution in [2.75, 3.05) is 6.54 Å². The van der Waals surface area contributed by atoms with Gasteiger partial charge in [-0.3, -0.25) is 4.79 Å². The summed E-state index contributed by atoms with van der Waals surface area (Å²) in [5.74, 6) is -0.992. The average molecular weight is 238 g/mol. The highest BCUT2D eigenvalue weighted by Crippen LogP contribution is 2.26. The molecule has 17 heavy (non-hydrogen) atoms. The third-order valence-corrected chi connectivity index (χ3v) is 2.54. The number of urea groups is 1. The van der Waals surface area contributed by atoms with Crippen LogP contribution in [0.25, 0.3) is 0 Å². The second-order valence-corrected chi connectivity index (χ2v) is 3.99. The lowest BCUT2D eigenvalue weighted by molar-refractivity contribution is -0.137. The van der Waals surface area contributed by atoms with Gasteiger partial charge in [-0.1, -0.05) is 0 Å². The Hall–Kier alpha value is -2.05. The number of H-pyrrole nitrogens is 1. The first-order valence-corrected chi connectivity index (χ1v) is 5.40. The van der Waals surface area contributed by atoms with E-state index in [1.54, 1.807) is 6.20 Å². The average Bonchev–Trinajstić information content (AvgIpc) is 2.99. The van der Waals surface area contributed by atoms with Gasteiger partial charge >= 0.3 is 12.0 Å². The van der Waals surface area contributed by atoms with Crippen molar-refractivity contribution in [1.29, 1.82) is 0 Å². The molecule has 92 valence electrons. The molecule has 2 amide bonds. The molecule has 0 bridgehead atoms. The molecule has 0 aliphatic heterocycles. The largest absolute Gasteiger partial charge is 0.480 e. The Balaban J connectivity index is 1.85. The monoisotopic (exact) mass is 238 g/mol. The molecule has 1 fully saturated rings. The summed E-state index contributed by atoms with van der Waals surface area (Å²) in [5, 5.41) is 11.4. The molecule has 1 aliphatic rings. The zero-order chi connectivity index (χ0) is 12.3. The molecule has 1 aliphatic carbocycles. The first-order valence-electron chi connectivity index (χ1n) is 5.40. The van der Waals surface area contributed by atoms with Gasteiger partial charge in [0.2, 0.25) is 0 Å². The molecule has 1 saturated carbocycles. The third kappa shape index (κ3) is 3.20. The highest BCUT2D eigenvalue weighted by Gasteiger charge is 2.33.